The molecule has 1 fully saturated rings. The van der Waals surface area contributed by atoms with Crippen LogP contribution in [0.4, 0.5) is 0 Å². The Balaban J connectivity index is 1.50. The van der Waals surface area contributed by atoms with E-state index in [0.717, 1.165) is 21.3 Å². The first kappa shape index (κ1) is 22.2. The number of carbonyl (C=O) groups excluding carboxylic acids is 1. The predicted molar refractivity (Wildman–Crippen MR) is 117 cm³/mol. The molecule has 9 heteroatoms. The van der Waals surface area contributed by atoms with Crippen LogP contribution < -0.4 is 0 Å². The van der Waals surface area contributed by atoms with Gasteiger partial charge in [-0.2, -0.15) is 4.31 Å². The van der Waals surface area contributed by atoms with E-state index in [2.05, 4.69) is 4.90 Å². The van der Waals surface area contributed by atoms with Gasteiger partial charge in [0.25, 0.3) is 0 Å². The van der Waals surface area contributed by atoms with Crippen molar-refractivity contribution < 1.29 is 13.2 Å². The van der Waals surface area contributed by atoms with Gasteiger partial charge < -0.3 is 4.90 Å². The van der Waals surface area contributed by atoms with Crippen LogP contribution in [0.3, 0.4) is 0 Å². The van der Waals surface area contributed by atoms with Crippen molar-refractivity contribution in [3.05, 3.63) is 57.2 Å². The van der Waals surface area contributed by atoms with E-state index in [9.17, 15) is 13.2 Å². The number of carbonyl (C=O) groups is 1. The smallest absolute Gasteiger partial charge is 0.236 e. The second-order valence-corrected chi connectivity index (χ2v) is 10.8. The number of piperazine rings is 1. The second kappa shape index (κ2) is 10.0. The quantitative estimate of drug-likeness (QED) is 0.614. The first-order valence-corrected chi connectivity index (χ1v) is 12.4. The molecule has 0 atom stereocenters. The largest absolute Gasteiger partial charge is 0.339 e. The van der Waals surface area contributed by atoms with Gasteiger partial charge in [-0.3, -0.25) is 9.69 Å². The first-order chi connectivity index (χ1) is 13.9. The van der Waals surface area contributed by atoms with Gasteiger partial charge in [-0.1, -0.05) is 48.9 Å². The molecular formula is C20H26ClN3O3S2. The highest BCUT2D eigenvalue weighted by Crippen LogP contribution is 2.22. The molecule has 29 heavy (non-hydrogen) atoms. The molecule has 0 aliphatic carbocycles. The maximum Gasteiger partial charge on any atom is 0.236 e. The van der Waals surface area contributed by atoms with Gasteiger partial charge in [0.2, 0.25) is 15.9 Å². The zero-order chi connectivity index (χ0) is 20.9. The zero-order valence-corrected chi connectivity index (χ0v) is 18.8. The summed E-state index contributed by atoms with van der Waals surface area (Å²) in [7, 11) is -3.38. The normalized spacial score (nSPS) is 15.8. The van der Waals surface area contributed by atoms with Crippen LogP contribution in [-0.2, 0) is 27.1 Å². The zero-order valence-electron chi connectivity index (χ0n) is 16.5. The highest BCUT2D eigenvalue weighted by atomic mass is 35.5. The fraction of sp³-hybridized carbons (Fsp3) is 0.450. The van der Waals surface area contributed by atoms with Crippen LogP contribution >= 0.6 is 22.9 Å². The van der Waals surface area contributed by atoms with Crippen LogP contribution in [0, 0.1) is 0 Å². The molecule has 2 heterocycles. The maximum absolute atomic E-state index is 12.7. The van der Waals surface area contributed by atoms with Gasteiger partial charge >= 0.3 is 0 Å². The van der Waals surface area contributed by atoms with Crippen LogP contribution in [0.1, 0.15) is 17.4 Å². The first-order valence-electron chi connectivity index (χ1n) is 9.63. The van der Waals surface area contributed by atoms with Gasteiger partial charge in [0.15, 0.2) is 0 Å². The van der Waals surface area contributed by atoms with Gasteiger partial charge in [0.1, 0.15) is 0 Å². The average molecular weight is 456 g/mol. The third-order valence-electron chi connectivity index (χ3n) is 4.99. The van der Waals surface area contributed by atoms with Crippen molar-refractivity contribution in [3.8, 4) is 0 Å². The van der Waals surface area contributed by atoms with Crippen LogP contribution in [-0.4, -0.2) is 67.7 Å². The summed E-state index contributed by atoms with van der Waals surface area (Å²) in [6, 6.07) is 13.0. The molecule has 1 aliphatic rings. The Kier molecular flexibility index (Phi) is 7.70. The molecule has 1 aromatic heterocycles. The van der Waals surface area contributed by atoms with E-state index < -0.39 is 10.0 Å². The van der Waals surface area contributed by atoms with E-state index in [-0.39, 0.29) is 11.7 Å². The number of benzene rings is 1. The van der Waals surface area contributed by atoms with Gasteiger partial charge in [-0.15, -0.1) is 11.3 Å². The summed E-state index contributed by atoms with van der Waals surface area (Å²) < 4.78 is 27.6. The standard InChI is InChI=1S/C20H26ClN3O3S2/c1-2-22(14-18-8-9-19(21)28-18)15-20(25)23-10-12-24(13-11-23)29(26,27)16-17-6-4-3-5-7-17/h3-9H,2,10-16H2,1H3. The van der Waals surface area contributed by atoms with Gasteiger partial charge in [-0.25, -0.2) is 8.42 Å². The molecule has 0 spiro atoms. The van der Waals surface area contributed by atoms with Crippen molar-refractivity contribution in [2.45, 2.75) is 19.2 Å². The number of amides is 1. The summed E-state index contributed by atoms with van der Waals surface area (Å²) in [4.78, 5) is 17.7. The summed E-state index contributed by atoms with van der Waals surface area (Å²) in [6.45, 7) is 5.32. The number of halogens is 1. The van der Waals surface area contributed by atoms with E-state index in [1.54, 1.807) is 4.90 Å². The molecule has 0 radical (unpaired) electrons. The molecule has 0 bridgehead atoms. The number of sulfonamides is 1. The van der Waals surface area contributed by atoms with E-state index in [1.807, 2.05) is 49.4 Å². The van der Waals surface area contributed by atoms with Crippen LogP contribution in [0.15, 0.2) is 42.5 Å². The van der Waals surface area contributed by atoms with Crippen LogP contribution in [0.5, 0.6) is 0 Å². The topological polar surface area (TPSA) is 60.9 Å². The Labute approximate surface area is 181 Å². The Morgan fingerprint density at radius 3 is 2.38 bits per heavy atom. The lowest BCUT2D eigenvalue weighted by Crippen LogP contribution is -2.52. The monoisotopic (exact) mass is 455 g/mol. The third kappa shape index (κ3) is 6.26. The molecular weight excluding hydrogens is 430 g/mol. The van der Waals surface area contributed by atoms with E-state index in [1.165, 1.54) is 15.6 Å². The molecule has 0 saturated carbocycles. The number of likely N-dealkylation sites (N-methyl/N-ethyl adjacent to an activating group) is 1. The number of hydrogen-bond donors (Lipinski definition) is 0. The molecule has 0 unspecified atom stereocenters. The number of rotatable bonds is 8. The molecule has 1 aromatic carbocycles. The molecule has 158 valence electrons. The lowest BCUT2D eigenvalue weighted by Gasteiger charge is -2.35. The lowest BCUT2D eigenvalue weighted by molar-refractivity contribution is -0.133. The van der Waals surface area contributed by atoms with E-state index in [4.69, 9.17) is 11.6 Å². The Morgan fingerprint density at radius 1 is 1.10 bits per heavy atom. The minimum atomic E-state index is -3.38. The summed E-state index contributed by atoms with van der Waals surface area (Å²) in [5.74, 6) is 0.0315. The Morgan fingerprint density at radius 2 is 1.79 bits per heavy atom. The Bertz CT molecular complexity index is 910. The van der Waals surface area contributed by atoms with E-state index >= 15 is 0 Å². The average Bonchev–Trinajstić information content (AvgIpc) is 3.12. The maximum atomic E-state index is 12.7. The fourth-order valence-corrected chi connectivity index (χ4v) is 5.97. The highest BCUT2D eigenvalue weighted by Gasteiger charge is 2.29. The number of nitrogens with zero attached hydrogens (tertiary/aromatic N) is 3. The third-order valence-corrected chi connectivity index (χ3v) is 8.06. The van der Waals surface area contributed by atoms with Crippen molar-refractivity contribution in [2.24, 2.45) is 0 Å². The minimum Gasteiger partial charge on any atom is -0.339 e. The summed E-state index contributed by atoms with van der Waals surface area (Å²) >= 11 is 7.51. The molecule has 3 rings (SSSR count). The summed E-state index contributed by atoms with van der Waals surface area (Å²) in [5, 5.41) is 0. The second-order valence-electron chi connectivity index (χ2n) is 7.03. The van der Waals surface area contributed by atoms with E-state index in [0.29, 0.717) is 39.3 Å². The fourth-order valence-electron chi connectivity index (χ4n) is 3.32. The summed E-state index contributed by atoms with van der Waals surface area (Å²) in [5.41, 5.74) is 0.776. The minimum absolute atomic E-state index is 0.00519. The molecule has 1 aliphatic heterocycles. The molecule has 1 amide bonds. The van der Waals surface area contributed by atoms with Crippen molar-refractivity contribution in [3.63, 3.8) is 0 Å². The Hall–Kier alpha value is -1.45. The number of thiophene rings is 1. The highest BCUT2D eigenvalue weighted by molar-refractivity contribution is 7.88. The SMILES string of the molecule is CCN(CC(=O)N1CCN(S(=O)(=O)Cc2ccccc2)CC1)Cc1ccc(Cl)s1. The number of hydrogen-bond acceptors (Lipinski definition) is 5. The molecule has 6 nitrogen and oxygen atoms in total. The van der Waals surface area contributed by atoms with Crippen molar-refractivity contribution in [1.82, 2.24) is 14.1 Å². The summed E-state index contributed by atoms with van der Waals surface area (Å²) in [6.07, 6.45) is 0. The van der Waals surface area contributed by atoms with Crippen molar-refractivity contribution in [2.75, 3.05) is 39.3 Å². The van der Waals surface area contributed by atoms with Crippen LogP contribution in [0.2, 0.25) is 4.34 Å². The van der Waals surface area contributed by atoms with Crippen molar-refractivity contribution in [1.29, 1.82) is 0 Å². The van der Waals surface area contributed by atoms with Gasteiger partial charge in [0, 0.05) is 37.6 Å². The lowest BCUT2D eigenvalue weighted by atomic mass is 10.2. The molecule has 1 saturated heterocycles. The molecule has 0 N–H and O–H groups in total. The van der Waals surface area contributed by atoms with Gasteiger partial charge in [0.05, 0.1) is 16.6 Å². The van der Waals surface area contributed by atoms with Gasteiger partial charge in [-0.05, 0) is 24.2 Å². The van der Waals surface area contributed by atoms with Crippen LogP contribution in [0.25, 0.3) is 0 Å². The molecule has 2 aromatic rings. The van der Waals surface area contributed by atoms with Crippen molar-refractivity contribution >= 4 is 38.9 Å². The predicted octanol–water partition coefficient (Wildman–Crippen LogP) is 2.90.